The van der Waals surface area contributed by atoms with Crippen molar-refractivity contribution in [2.24, 2.45) is 0 Å². The molecular formula is C17H15BrN4. The molecule has 0 saturated heterocycles. The van der Waals surface area contributed by atoms with Gasteiger partial charge >= 0.3 is 0 Å². The molecule has 22 heavy (non-hydrogen) atoms. The van der Waals surface area contributed by atoms with Gasteiger partial charge in [-0.25, -0.2) is 4.98 Å². The average Bonchev–Trinajstić information content (AvgIpc) is 2.52. The number of aryl methyl sites for hydroxylation is 1. The highest BCUT2D eigenvalue weighted by molar-refractivity contribution is 9.10. The molecule has 3 aromatic rings. The zero-order valence-electron chi connectivity index (χ0n) is 12.0. The van der Waals surface area contributed by atoms with Gasteiger partial charge < -0.3 is 11.5 Å². The van der Waals surface area contributed by atoms with Gasteiger partial charge in [-0.15, -0.1) is 0 Å². The van der Waals surface area contributed by atoms with Gasteiger partial charge in [0.1, 0.15) is 5.82 Å². The van der Waals surface area contributed by atoms with Crippen molar-refractivity contribution in [3.05, 3.63) is 58.6 Å². The van der Waals surface area contributed by atoms with Gasteiger partial charge in [-0.1, -0.05) is 42.5 Å². The summed E-state index contributed by atoms with van der Waals surface area (Å²) in [5, 5.41) is 0. The van der Waals surface area contributed by atoms with Gasteiger partial charge in [0.25, 0.3) is 0 Å². The standard InChI is InChI=1S/C17H15BrN4/c1-10-7-8-12(11-5-3-2-4-6-11)9-13(10)15-14(18)16(19)22-17(20)21-15/h2-9H,1H3,(H4,19,20,21,22). The van der Waals surface area contributed by atoms with Gasteiger partial charge in [-0.2, -0.15) is 4.98 Å². The molecule has 0 bridgehead atoms. The Bertz CT molecular complexity index is 832. The first-order chi connectivity index (χ1) is 10.6. The second kappa shape index (κ2) is 5.77. The maximum atomic E-state index is 5.88. The number of anilines is 2. The number of nitrogen functional groups attached to an aromatic ring is 2. The summed E-state index contributed by atoms with van der Waals surface area (Å²) in [6.45, 7) is 2.03. The van der Waals surface area contributed by atoms with Crippen LogP contribution in [0.5, 0.6) is 0 Å². The van der Waals surface area contributed by atoms with E-state index in [1.165, 1.54) is 0 Å². The summed E-state index contributed by atoms with van der Waals surface area (Å²) in [6.07, 6.45) is 0. The van der Waals surface area contributed by atoms with E-state index in [0.29, 0.717) is 16.0 Å². The summed E-state index contributed by atoms with van der Waals surface area (Å²) in [5.41, 5.74) is 16.7. The highest BCUT2D eigenvalue weighted by Crippen LogP contribution is 2.34. The second-order valence-electron chi connectivity index (χ2n) is 5.03. The number of rotatable bonds is 2. The van der Waals surface area contributed by atoms with Crippen LogP contribution in [0.4, 0.5) is 11.8 Å². The largest absolute Gasteiger partial charge is 0.383 e. The summed E-state index contributed by atoms with van der Waals surface area (Å²) in [6, 6.07) is 16.4. The molecule has 0 aliphatic rings. The molecule has 4 nitrogen and oxygen atoms in total. The fourth-order valence-corrected chi connectivity index (χ4v) is 2.74. The van der Waals surface area contributed by atoms with E-state index < -0.39 is 0 Å². The van der Waals surface area contributed by atoms with Crippen LogP contribution in [0.2, 0.25) is 0 Å². The Morgan fingerprint density at radius 2 is 1.64 bits per heavy atom. The topological polar surface area (TPSA) is 77.8 Å². The van der Waals surface area contributed by atoms with Crippen molar-refractivity contribution in [1.29, 1.82) is 0 Å². The van der Waals surface area contributed by atoms with Crippen LogP contribution in [-0.2, 0) is 0 Å². The Labute approximate surface area is 137 Å². The molecule has 0 fully saturated rings. The van der Waals surface area contributed by atoms with E-state index in [1.54, 1.807) is 0 Å². The third-order valence-corrected chi connectivity index (χ3v) is 4.28. The van der Waals surface area contributed by atoms with Crippen molar-refractivity contribution in [2.75, 3.05) is 11.5 Å². The molecule has 2 aromatic carbocycles. The van der Waals surface area contributed by atoms with Crippen molar-refractivity contribution in [3.8, 4) is 22.4 Å². The van der Waals surface area contributed by atoms with Crippen molar-refractivity contribution < 1.29 is 0 Å². The first-order valence-corrected chi connectivity index (χ1v) is 7.60. The molecule has 0 saturated carbocycles. The Kier molecular flexibility index (Phi) is 3.81. The molecule has 0 aliphatic carbocycles. The third kappa shape index (κ3) is 2.67. The zero-order valence-corrected chi connectivity index (χ0v) is 13.6. The van der Waals surface area contributed by atoms with Crippen LogP contribution in [0, 0.1) is 6.92 Å². The van der Waals surface area contributed by atoms with Crippen LogP contribution in [0.15, 0.2) is 53.0 Å². The molecule has 110 valence electrons. The second-order valence-corrected chi connectivity index (χ2v) is 5.82. The zero-order chi connectivity index (χ0) is 15.7. The predicted octanol–water partition coefficient (Wildman–Crippen LogP) is 4.05. The fraction of sp³-hybridized carbons (Fsp3) is 0.0588. The van der Waals surface area contributed by atoms with E-state index in [1.807, 2.05) is 25.1 Å². The van der Waals surface area contributed by atoms with Crippen LogP contribution < -0.4 is 11.5 Å². The molecule has 1 heterocycles. The van der Waals surface area contributed by atoms with E-state index in [0.717, 1.165) is 22.3 Å². The molecule has 0 unspecified atom stereocenters. The number of halogens is 1. The summed E-state index contributed by atoms with van der Waals surface area (Å²) in [7, 11) is 0. The van der Waals surface area contributed by atoms with Crippen LogP contribution in [0.1, 0.15) is 5.56 Å². The minimum absolute atomic E-state index is 0.167. The van der Waals surface area contributed by atoms with E-state index in [2.05, 4.69) is 56.2 Å². The minimum atomic E-state index is 0.167. The summed E-state index contributed by atoms with van der Waals surface area (Å²) in [4.78, 5) is 8.31. The first-order valence-electron chi connectivity index (χ1n) is 6.81. The Balaban J connectivity index is 2.20. The number of hydrogen-bond donors (Lipinski definition) is 2. The molecule has 0 aliphatic heterocycles. The van der Waals surface area contributed by atoms with E-state index >= 15 is 0 Å². The SMILES string of the molecule is Cc1ccc(-c2ccccc2)cc1-c1nc(N)nc(N)c1Br. The van der Waals surface area contributed by atoms with Crippen molar-refractivity contribution in [3.63, 3.8) is 0 Å². The monoisotopic (exact) mass is 354 g/mol. The van der Waals surface area contributed by atoms with Gasteiger partial charge in [-0.3, -0.25) is 0 Å². The summed E-state index contributed by atoms with van der Waals surface area (Å²) >= 11 is 3.46. The summed E-state index contributed by atoms with van der Waals surface area (Å²) < 4.78 is 0.662. The predicted molar refractivity (Wildman–Crippen MR) is 94.2 cm³/mol. The van der Waals surface area contributed by atoms with E-state index in [-0.39, 0.29) is 5.95 Å². The van der Waals surface area contributed by atoms with Crippen LogP contribution >= 0.6 is 15.9 Å². The molecule has 0 atom stereocenters. The van der Waals surface area contributed by atoms with Crippen molar-refractivity contribution in [1.82, 2.24) is 9.97 Å². The van der Waals surface area contributed by atoms with E-state index in [4.69, 9.17) is 11.5 Å². The summed E-state index contributed by atoms with van der Waals surface area (Å²) in [5.74, 6) is 0.507. The molecule has 5 heteroatoms. The molecule has 0 spiro atoms. The van der Waals surface area contributed by atoms with Gasteiger partial charge in [-0.05, 0) is 45.6 Å². The number of benzene rings is 2. The van der Waals surface area contributed by atoms with Gasteiger partial charge in [0.2, 0.25) is 5.95 Å². The third-order valence-electron chi connectivity index (χ3n) is 3.49. The average molecular weight is 355 g/mol. The number of hydrogen-bond acceptors (Lipinski definition) is 4. The molecule has 3 rings (SSSR count). The number of aromatic nitrogens is 2. The first kappa shape index (κ1) is 14.5. The Morgan fingerprint density at radius 3 is 2.36 bits per heavy atom. The van der Waals surface area contributed by atoms with E-state index in [9.17, 15) is 0 Å². The highest BCUT2D eigenvalue weighted by atomic mass is 79.9. The van der Waals surface area contributed by atoms with Gasteiger partial charge in [0.15, 0.2) is 0 Å². The molecule has 1 aromatic heterocycles. The lowest BCUT2D eigenvalue weighted by Crippen LogP contribution is -2.03. The maximum Gasteiger partial charge on any atom is 0.222 e. The van der Waals surface area contributed by atoms with Gasteiger partial charge in [0, 0.05) is 5.56 Å². The normalized spacial score (nSPS) is 10.6. The lowest BCUT2D eigenvalue weighted by molar-refractivity contribution is 1.18. The Morgan fingerprint density at radius 1 is 0.909 bits per heavy atom. The lowest BCUT2D eigenvalue weighted by Gasteiger charge is -2.12. The van der Waals surface area contributed by atoms with Crippen molar-refractivity contribution >= 4 is 27.7 Å². The molecule has 4 N–H and O–H groups in total. The fourth-order valence-electron chi connectivity index (χ4n) is 2.35. The quantitative estimate of drug-likeness (QED) is 0.727. The maximum absolute atomic E-state index is 5.88. The smallest absolute Gasteiger partial charge is 0.222 e. The van der Waals surface area contributed by atoms with Crippen LogP contribution in [-0.4, -0.2) is 9.97 Å². The Hall–Kier alpha value is -2.40. The van der Waals surface area contributed by atoms with Crippen LogP contribution in [0.25, 0.3) is 22.4 Å². The van der Waals surface area contributed by atoms with Crippen molar-refractivity contribution in [2.45, 2.75) is 6.92 Å². The number of nitrogens with zero attached hydrogens (tertiary/aromatic N) is 2. The molecule has 0 amide bonds. The highest BCUT2D eigenvalue weighted by Gasteiger charge is 2.14. The van der Waals surface area contributed by atoms with Crippen LogP contribution in [0.3, 0.4) is 0 Å². The number of nitrogens with two attached hydrogens (primary N) is 2. The van der Waals surface area contributed by atoms with Gasteiger partial charge in [0.05, 0.1) is 10.2 Å². The molecule has 0 radical (unpaired) electrons. The minimum Gasteiger partial charge on any atom is -0.383 e. The lowest BCUT2D eigenvalue weighted by atomic mass is 9.98. The molecular weight excluding hydrogens is 340 g/mol.